The predicted octanol–water partition coefficient (Wildman–Crippen LogP) is 3.14. The Hall–Kier alpha value is -1.42. The molecule has 0 spiro atoms. The number of aromatic nitrogens is 1. The van der Waals surface area contributed by atoms with Gasteiger partial charge in [-0.25, -0.2) is 0 Å². The Balaban J connectivity index is 2.33. The summed E-state index contributed by atoms with van der Waals surface area (Å²) in [4.78, 5) is 16.5. The summed E-state index contributed by atoms with van der Waals surface area (Å²) in [7, 11) is 0. The first-order valence-corrected chi connectivity index (χ1v) is 7.09. The van der Waals surface area contributed by atoms with Crippen LogP contribution in [0, 0.1) is 0 Å². The van der Waals surface area contributed by atoms with Crippen LogP contribution in [-0.2, 0) is 0 Å². The number of hydrogen-bond acceptors (Lipinski definition) is 2. The maximum atomic E-state index is 12.2. The second-order valence-corrected chi connectivity index (χ2v) is 4.76. The first-order chi connectivity index (χ1) is 8.76. The maximum absolute atomic E-state index is 12.2. The van der Waals surface area contributed by atoms with Gasteiger partial charge in [0.25, 0.3) is 5.91 Å². The third-order valence-electron chi connectivity index (χ3n) is 2.89. The summed E-state index contributed by atoms with van der Waals surface area (Å²) in [6, 6.07) is 9.63. The van der Waals surface area contributed by atoms with E-state index in [2.05, 4.69) is 26.2 Å². The Morgan fingerprint density at radius 3 is 2.89 bits per heavy atom. The number of para-hydroxylation sites is 1. The molecule has 3 nitrogen and oxygen atoms in total. The number of hydrogen-bond donors (Lipinski definition) is 1. The lowest BCUT2D eigenvalue weighted by molar-refractivity contribution is 0.0941. The summed E-state index contributed by atoms with van der Waals surface area (Å²) >= 11 is 3.40. The molecule has 1 amide bonds. The SMILES string of the molecule is CCC(CBr)NC(=O)c1cccc2cccnc12. The molecule has 0 saturated heterocycles. The zero-order valence-corrected chi connectivity index (χ0v) is 11.8. The lowest BCUT2D eigenvalue weighted by atomic mass is 10.1. The fourth-order valence-corrected chi connectivity index (χ4v) is 2.42. The number of amides is 1. The highest BCUT2D eigenvalue weighted by molar-refractivity contribution is 9.09. The van der Waals surface area contributed by atoms with Crippen molar-refractivity contribution in [2.45, 2.75) is 19.4 Å². The van der Waals surface area contributed by atoms with Gasteiger partial charge in [0.1, 0.15) is 0 Å². The van der Waals surface area contributed by atoms with Crippen molar-refractivity contribution in [1.29, 1.82) is 0 Å². The fraction of sp³-hybridized carbons (Fsp3) is 0.286. The summed E-state index contributed by atoms with van der Waals surface area (Å²) in [6.07, 6.45) is 2.61. The van der Waals surface area contributed by atoms with Crippen LogP contribution in [0.15, 0.2) is 36.5 Å². The summed E-state index contributed by atoms with van der Waals surface area (Å²) in [5.74, 6) is -0.0643. The molecule has 0 fully saturated rings. The molecule has 18 heavy (non-hydrogen) atoms. The molecule has 1 aromatic heterocycles. The fourth-order valence-electron chi connectivity index (χ4n) is 1.80. The van der Waals surface area contributed by atoms with E-state index in [4.69, 9.17) is 0 Å². The quantitative estimate of drug-likeness (QED) is 0.882. The number of rotatable bonds is 4. The molecule has 0 radical (unpaired) electrons. The van der Waals surface area contributed by atoms with Gasteiger partial charge in [0.05, 0.1) is 11.1 Å². The van der Waals surface area contributed by atoms with Crippen molar-refractivity contribution in [3.05, 3.63) is 42.1 Å². The van der Waals surface area contributed by atoms with E-state index in [1.165, 1.54) is 0 Å². The minimum absolute atomic E-state index is 0.0643. The zero-order valence-electron chi connectivity index (χ0n) is 10.2. The van der Waals surface area contributed by atoms with Crippen molar-refractivity contribution < 1.29 is 4.79 Å². The highest BCUT2D eigenvalue weighted by atomic mass is 79.9. The van der Waals surface area contributed by atoms with E-state index in [1.807, 2.05) is 37.3 Å². The van der Waals surface area contributed by atoms with Crippen LogP contribution in [0.5, 0.6) is 0 Å². The monoisotopic (exact) mass is 306 g/mol. The molecule has 1 unspecified atom stereocenters. The highest BCUT2D eigenvalue weighted by Crippen LogP contribution is 2.16. The van der Waals surface area contributed by atoms with Crippen LogP contribution in [0.1, 0.15) is 23.7 Å². The van der Waals surface area contributed by atoms with Crippen molar-refractivity contribution >= 4 is 32.7 Å². The van der Waals surface area contributed by atoms with E-state index in [-0.39, 0.29) is 11.9 Å². The van der Waals surface area contributed by atoms with Crippen LogP contribution in [0.2, 0.25) is 0 Å². The first kappa shape index (κ1) is 13.0. The molecule has 1 atom stereocenters. The van der Waals surface area contributed by atoms with Crippen molar-refractivity contribution in [3.63, 3.8) is 0 Å². The van der Waals surface area contributed by atoms with E-state index in [9.17, 15) is 4.79 Å². The Kier molecular flexibility index (Phi) is 4.31. The van der Waals surface area contributed by atoms with Crippen LogP contribution < -0.4 is 5.32 Å². The second kappa shape index (κ2) is 5.96. The molecule has 94 valence electrons. The minimum Gasteiger partial charge on any atom is -0.348 e. The van der Waals surface area contributed by atoms with Gasteiger partial charge < -0.3 is 5.32 Å². The summed E-state index contributed by atoms with van der Waals surface area (Å²) in [6.45, 7) is 2.05. The molecule has 2 aromatic rings. The first-order valence-electron chi connectivity index (χ1n) is 5.96. The third-order valence-corrected chi connectivity index (χ3v) is 3.67. The lowest BCUT2D eigenvalue weighted by Crippen LogP contribution is -2.35. The Morgan fingerprint density at radius 1 is 1.39 bits per heavy atom. The zero-order chi connectivity index (χ0) is 13.0. The number of nitrogens with one attached hydrogen (secondary N) is 1. The molecule has 0 bridgehead atoms. The predicted molar refractivity (Wildman–Crippen MR) is 77.1 cm³/mol. The Bertz CT molecular complexity index is 547. The minimum atomic E-state index is -0.0643. The number of alkyl halides is 1. The van der Waals surface area contributed by atoms with Crippen LogP contribution in [0.4, 0.5) is 0 Å². The number of benzene rings is 1. The van der Waals surface area contributed by atoms with Crippen LogP contribution >= 0.6 is 15.9 Å². The van der Waals surface area contributed by atoms with Crippen molar-refractivity contribution in [3.8, 4) is 0 Å². The number of fused-ring (bicyclic) bond motifs is 1. The lowest BCUT2D eigenvalue weighted by Gasteiger charge is -2.14. The van der Waals surface area contributed by atoms with Crippen LogP contribution in [0.25, 0.3) is 10.9 Å². The van der Waals surface area contributed by atoms with E-state index in [1.54, 1.807) is 6.20 Å². The molecule has 0 aliphatic carbocycles. The van der Waals surface area contributed by atoms with E-state index in [0.29, 0.717) is 5.56 Å². The number of halogens is 1. The number of carbonyl (C=O) groups is 1. The van der Waals surface area contributed by atoms with E-state index >= 15 is 0 Å². The Morgan fingerprint density at radius 2 is 2.17 bits per heavy atom. The standard InChI is InChI=1S/C14H15BrN2O/c1-2-11(9-15)17-14(18)12-7-3-5-10-6-4-8-16-13(10)12/h3-8,11H,2,9H2,1H3,(H,17,18). The normalized spacial score (nSPS) is 12.3. The number of nitrogens with zero attached hydrogens (tertiary/aromatic N) is 1. The molecule has 1 heterocycles. The largest absolute Gasteiger partial charge is 0.348 e. The topological polar surface area (TPSA) is 42.0 Å². The summed E-state index contributed by atoms with van der Waals surface area (Å²) in [5, 5.41) is 4.74. The third kappa shape index (κ3) is 2.70. The van der Waals surface area contributed by atoms with Gasteiger partial charge in [0.2, 0.25) is 0 Å². The van der Waals surface area contributed by atoms with Gasteiger partial charge in [-0.2, -0.15) is 0 Å². The average molecular weight is 307 g/mol. The van der Waals surface area contributed by atoms with Gasteiger partial charge >= 0.3 is 0 Å². The molecule has 1 aromatic carbocycles. The van der Waals surface area contributed by atoms with Crippen LogP contribution in [0.3, 0.4) is 0 Å². The van der Waals surface area contributed by atoms with Crippen molar-refractivity contribution in [1.82, 2.24) is 10.3 Å². The molecule has 0 saturated carbocycles. The van der Waals surface area contributed by atoms with Crippen molar-refractivity contribution in [2.75, 3.05) is 5.33 Å². The smallest absolute Gasteiger partial charge is 0.253 e. The second-order valence-electron chi connectivity index (χ2n) is 4.11. The van der Waals surface area contributed by atoms with Gasteiger partial charge in [-0.05, 0) is 18.6 Å². The van der Waals surface area contributed by atoms with Gasteiger partial charge in [-0.15, -0.1) is 0 Å². The summed E-state index contributed by atoms with van der Waals surface area (Å²) < 4.78 is 0. The van der Waals surface area contributed by atoms with Gasteiger partial charge in [-0.3, -0.25) is 9.78 Å². The highest BCUT2D eigenvalue weighted by Gasteiger charge is 2.14. The average Bonchev–Trinajstić information content (AvgIpc) is 2.43. The molecular weight excluding hydrogens is 292 g/mol. The number of carbonyl (C=O) groups excluding carboxylic acids is 1. The van der Waals surface area contributed by atoms with Crippen LogP contribution in [-0.4, -0.2) is 22.3 Å². The maximum Gasteiger partial charge on any atom is 0.253 e. The molecule has 4 heteroatoms. The van der Waals surface area contributed by atoms with Gasteiger partial charge in [-0.1, -0.05) is 41.1 Å². The Labute approximate surface area is 115 Å². The van der Waals surface area contributed by atoms with Crippen molar-refractivity contribution in [2.24, 2.45) is 0 Å². The molecule has 2 rings (SSSR count). The van der Waals surface area contributed by atoms with Gasteiger partial charge in [0.15, 0.2) is 0 Å². The molecule has 1 N–H and O–H groups in total. The molecule has 0 aliphatic rings. The molecule has 0 aliphatic heterocycles. The molecular formula is C14H15BrN2O. The van der Waals surface area contributed by atoms with E-state index < -0.39 is 0 Å². The summed E-state index contributed by atoms with van der Waals surface area (Å²) in [5.41, 5.74) is 1.38. The number of pyridine rings is 1. The van der Waals surface area contributed by atoms with Gasteiger partial charge in [0, 0.05) is 23.0 Å². The van der Waals surface area contributed by atoms with E-state index in [0.717, 1.165) is 22.7 Å².